The molecule has 0 aliphatic heterocycles. The third-order valence-corrected chi connectivity index (χ3v) is 5.11. The Labute approximate surface area is 123 Å². The predicted molar refractivity (Wildman–Crippen MR) is 71.7 cm³/mol. The minimum absolute atomic E-state index is 0.268. The Morgan fingerprint density at radius 2 is 1.67 bits per heavy atom. The largest absolute Gasteiger partial charge is 0.467 e. The molecular weight excluding hydrogens is 303 g/mol. The Morgan fingerprint density at radius 1 is 1.10 bits per heavy atom. The highest BCUT2D eigenvalue weighted by Crippen LogP contribution is 2.53. The molecule has 0 aromatic heterocycles. The van der Waals surface area contributed by atoms with E-state index in [1.807, 2.05) is 0 Å². The van der Waals surface area contributed by atoms with Gasteiger partial charge < -0.3 is 23.3 Å². The highest BCUT2D eigenvalue weighted by Gasteiger charge is 2.45. The summed E-state index contributed by atoms with van der Waals surface area (Å²) < 4.78 is 37.1. The van der Waals surface area contributed by atoms with Gasteiger partial charge in [0.1, 0.15) is 6.10 Å². The van der Waals surface area contributed by atoms with Crippen LogP contribution >= 0.6 is 7.60 Å². The number of carbonyl (C=O) groups excluding carboxylic acids is 2. The molecule has 0 heterocycles. The number of hydrogen-bond donors (Lipinski definition) is 0. The van der Waals surface area contributed by atoms with Crippen molar-refractivity contribution in [3.8, 4) is 0 Å². The van der Waals surface area contributed by atoms with E-state index in [2.05, 4.69) is 4.74 Å². The Hall–Kier alpha value is -0.950. The van der Waals surface area contributed by atoms with E-state index < -0.39 is 25.5 Å². The van der Waals surface area contributed by atoms with E-state index in [1.54, 1.807) is 0 Å². The van der Waals surface area contributed by atoms with Gasteiger partial charge in [0, 0.05) is 27.6 Å². The maximum absolute atomic E-state index is 12.3. The summed E-state index contributed by atoms with van der Waals surface area (Å²) in [5, 5.41) is 0. The first-order valence-corrected chi connectivity index (χ1v) is 8.09. The van der Waals surface area contributed by atoms with Crippen molar-refractivity contribution in [2.24, 2.45) is 0 Å². The lowest BCUT2D eigenvalue weighted by Gasteiger charge is -2.25. The second-order valence-electron chi connectivity index (χ2n) is 4.58. The van der Waals surface area contributed by atoms with Crippen molar-refractivity contribution in [3.05, 3.63) is 0 Å². The van der Waals surface area contributed by atoms with Gasteiger partial charge >= 0.3 is 19.5 Å². The standard InChI is InChI=1S/C12H21O8P/c1-8(13)19-9-5-6-10(7-9)20-12(11(14)16-2)21(15,17-3)18-4/h9-10,12H,5-7H2,1-4H3/t9-,10+,12?/m1/s1. The van der Waals surface area contributed by atoms with Crippen LogP contribution in [0.25, 0.3) is 0 Å². The normalized spacial score (nSPS) is 23.6. The first-order valence-electron chi connectivity index (χ1n) is 6.48. The van der Waals surface area contributed by atoms with Crippen molar-refractivity contribution in [1.29, 1.82) is 0 Å². The Morgan fingerprint density at radius 3 is 2.14 bits per heavy atom. The predicted octanol–water partition coefficient (Wildman–Crippen LogP) is 1.47. The molecule has 1 rings (SSSR count). The Balaban J connectivity index is 2.73. The molecule has 3 atom stereocenters. The van der Waals surface area contributed by atoms with Gasteiger partial charge in [-0.2, -0.15) is 0 Å². The molecule has 0 aromatic rings. The van der Waals surface area contributed by atoms with Crippen molar-refractivity contribution >= 4 is 19.5 Å². The van der Waals surface area contributed by atoms with Gasteiger partial charge in [-0.1, -0.05) is 0 Å². The molecule has 0 radical (unpaired) electrons. The quantitative estimate of drug-likeness (QED) is 0.513. The van der Waals surface area contributed by atoms with Crippen molar-refractivity contribution in [2.45, 2.75) is 44.2 Å². The molecule has 1 unspecified atom stereocenters. The molecular formula is C12H21O8P. The van der Waals surface area contributed by atoms with E-state index in [1.165, 1.54) is 21.1 Å². The van der Waals surface area contributed by atoms with Gasteiger partial charge in [-0.05, 0) is 12.8 Å². The van der Waals surface area contributed by atoms with Crippen LogP contribution in [0, 0.1) is 0 Å². The van der Waals surface area contributed by atoms with Crippen LogP contribution in [0.1, 0.15) is 26.2 Å². The van der Waals surface area contributed by atoms with Crippen LogP contribution in [-0.2, 0) is 37.4 Å². The van der Waals surface area contributed by atoms with Gasteiger partial charge in [-0.3, -0.25) is 9.36 Å². The lowest BCUT2D eigenvalue weighted by Crippen LogP contribution is -2.31. The number of ether oxygens (including phenoxy) is 3. The third kappa shape index (κ3) is 4.78. The summed E-state index contributed by atoms with van der Waals surface area (Å²) in [4.78, 5) is 22.7. The summed E-state index contributed by atoms with van der Waals surface area (Å²) in [5.41, 5.74) is 0. The van der Waals surface area contributed by atoms with Crippen LogP contribution in [0.3, 0.4) is 0 Å². The maximum Gasteiger partial charge on any atom is 0.370 e. The van der Waals surface area contributed by atoms with E-state index in [-0.39, 0.29) is 12.1 Å². The molecule has 1 aliphatic carbocycles. The fourth-order valence-electron chi connectivity index (χ4n) is 2.17. The molecule has 0 N–H and O–H groups in total. The highest BCUT2D eigenvalue weighted by atomic mass is 31.2. The second kappa shape index (κ2) is 7.89. The van der Waals surface area contributed by atoms with Crippen LogP contribution in [-0.4, -0.2) is 51.3 Å². The zero-order valence-electron chi connectivity index (χ0n) is 12.6. The van der Waals surface area contributed by atoms with E-state index >= 15 is 0 Å². The van der Waals surface area contributed by atoms with Crippen LogP contribution in [0.15, 0.2) is 0 Å². The smallest absolute Gasteiger partial charge is 0.370 e. The summed E-state index contributed by atoms with van der Waals surface area (Å²) in [7, 11) is -0.278. The topological polar surface area (TPSA) is 97.4 Å². The van der Waals surface area contributed by atoms with Gasteiger partial charge in [-0.15, -0.1) is 0 Å². The first kappa shape index (κ1) is 18.1. The van der Waals surface area contributed by atoms with Crippen molar-refractivity contribution in [3.63, 3.8) is 0 Å². The lowest BCUT2D eigenvalue weighted by molar-refractivity contribution is -0.154. The molecule has 1 saturated carbocycles. The van der Waals surface area contributed by atoms with Gasteiger partial charge in [0.2, 0.25) is 0 Å². The number of rotatable bonds is 7. The average molecular weight is 324 g/mol. The monoisotopic (exact) mass is 324 g/mol. The summed E-state index contributed by atoms with van der Waals surface area (Å²) in [6.45, 7) is 1.33. The van der Waals surface area contributed by atoms with Gasteiger partial charge in [0.05, 0.1) is 13.2 Å². The summed E-state index contributed by atoms with van der Waals surface area (Å²) in [6.07, 6.45) is 0.939. The van der Waals surface area contributed by atoms with Crippen molar-refractivity contribution < 1.29 is 37.4 Å². The number of carbonyl (C=O) groups is 2. The minimum atomic E-state index is -3.77. The zero-order valence-corrected chi connectivity index (χ0v) is 13.5. The molecule has 1 aliphatic rings. The highest BCUT2D eigenvalue weighted by molar-refractivity contribution is 7.55. The average Bonchev–Trinajstić information content (AvgIpc) is 2.89. The molecule has 0 aromatic carbocycles. The van der Waals surface area contributed by atoms with Crippen LogP contribution < -0.4 is 0 Å². The van der Waals surface area contributed by atoms with Crippen LogP contribution in [0.4, 0.5) is 0 Å². The minimum Gasteiger partial charge on any atom is -0.467 e. The summed E-state index contributed by atoms with van der Waals surface area (Å²) in [6, 6.07) is 0. The SMILES string of the molecule is COC(=O)C(O[C@H]1CC[C@@H](OC(C)=O)C1)P(=O)(OC)OC. The van der Waals surface area contributed by atoms with Gasteiger partial charge in [0.15, 0.2) is 0 Å². The molecule has 0 saturated heterocycles. The summed E-state index contributed by atoms with van der Waals surface area (Å²) >= 11 is 0. The van der Waals surface area contributed by atoms with Crippen LogP contribution in [0.5, 0.6) is 0 Å². The zero-order chi connectivity index (χ0) is 16.0. The lowest BCUT2D eigenvalue weighted by atomic mass is 10.3. The van der Waals surface area contributed by atoms with E-state index in [0.29, 0.717) is 19.3 Å². The Kier molecular flexibility index (Phi) is 6.80. The molecule has 9 heteroatoms. The molecule has 1 fully saturated rings. The van der Waals surface area contributed by atoms with Crippen LogP contribution in [0.2, 0.25) is 0 Å². The van der Waals surface area contributed by atoms with E-state index in [9.17, 15) is 14.2 Å². The van der Waals surface area contributed by atoms with Crippen molar-refractivity contribution in [2.75, 3.05) is 21.3 Å². The molecule has 8 nitrogen and oxygen atoms in total. The molecule has 0 spiro atoms. The molecule has 0 amide bonds. The first-order chi connectivity index (χ1) is 9.86. The Bertz CT molecular complexity index is 415. The number of methoxy groups -OCH3 is 1. The number of esters is 2. The maximum atomic E-state index is 12.3. The fraction of sp³-hybridized carbons (Fsp3) is 0.833. The van der Waals surface area contributed by atoms with Gasteiger partial charge in [-0.25, -0.2) is 4.79 Å². The van der Waals surface area contributed by atoms with E-state index in [4.69, 9.17) is 18.5 Å². The number of hydrogen-bond acceptors (Lipinski definition) is 8. The molecule has 21 heavy (non-hydrogen) atoms. The van der Waals surface area contributed by atoms with E-state index in [0.717, 1.165) is 7.11 Å². The summed E-state index contributed by atoms with van der Waals surface area (Å²) in [5.74, 6) is -2.67. The third-order valence-electron chi connectivity index (χ3n) is 3.19. The fourth-order valence-corrected chi connectivity index (χ4v) is 3.39. The second-order valence-corrected chi connectivity index (χ2v) is 6.86. The molecule has 122 valence electrons. The van der Waals surface area contributed by atoms with Crippen molar-refractivity contribution in [1.82, 2.24) is 0 Å². The molecule has 0 bridgehead atoms. The van der Waals surface area contributed by atoms with Gasteiger partial charge in [0.25, 0.3) is 5.85 Å².